The average Bonchev–Trinajstić information content (AvgIpc) is 2.86. The Hall–Kier alpha value is -2.04. The summed E-state index contributed by atoms with van der Waals surface area (Å²) in [6.45, 7) is 1.18. The van der Waals surface area contributed by atoms with Crippen molar-refractivity contribution in [2.45, 2.75) is 13.1 Å². The van der Waals surface area contributed by atoms with E-state index in [9.17, 15) is 0 Å². The molecule has 0 aliphatic heterocycles. The monoisotopic (exact) mass is 300 g/mol. The van der Waals surface area contributed by atoms with E-state index in [1.165, 1.54) is 0 Å². The van der Waals surface area contributed by atoms with Crippen LogP contribution in [0.5, 0.6) is 0 Å². The number of benzene rings is 1. The highest BCUT2D eigenvalue weighted by molar-refractivity contribution is 6.30. The van der Waals surface area contributed by atoms with Gasteiger partial charge in [0, 0.05) is 31.4 Å². The fraction of sp³-hybridized carbons (Fsp3) is 0.188. The lowest BCUT2D eigenvalue weighted by molar-refractivity contribution is 0.873. The first-order valence-corrected chi connectivity index (χ1v) is 7.18. The lowest BCUT2D eigenvalue weighted by Crippen LogP contribution is -2.19. The van der Waals surface area contributed by atoms with Crippen molar-refractivity contribution in [2.24, 2.45) is 5.73 Å². The van der Waals surface area contributed by atoms with Gasteiger partial charge in [-0.15, -0.1) is 0 Å². The summed E-state index contributed by atoms with van der Waals surface area (Å²) in [5.41, 5.74) is 8.97. The molecule has 2 N–H and O–H groups in total. The molecular weight excluding hydrogens is 284 g/mol. The third-order valence-corrected chi connectivity index (χ3v) is 3.71. The SMILES string of the molecule is CN(Cc1cccc(Cl)c1)c1nc2ccccn2c1CN. The van der Waals surface area contributed by atoms with E-state index in [-0.39, 0.29) is 0 Å². The molecule has 3 aromatic rings. The molecule has 0 bridgehead atoms. The van der Waals surface area contributed by atoms with Gasteiger partial charge in [-0.3, -0.25) is 0 Å². The molecule has 108 valence electrons. The molecule has 4 nitrogen and oxygen atoms in total. The number of nitrogens with two attached hydrogens (primary N) is 1. The van der Waals surface area contributed by atoms with Gasteiger partial charge in [0.25, 0.3) is 0 Å². The second kappa shape index (κ2) is 5.76. The number of rotatable bonds is 4. The third-order valence-electron chi connectivity index (χ3n) is 3.47. The Morgan fingerprint density at radius 3 is 2.86 bits per heavy atom. The van der Waals surface area contributed by atoms with E-state index in [0.717, 1.165) is 34.3 Å². The number of halogens is 1. The van der Waals surface area contributed by atoms with Gasteiger partial charge in [0.2, 0.25) is 0 Å². The molecule has 0 aliphatic carbocycles. The Morgan fingerprint density at radius 2 is 2.10 bits per heavy atom. The Bertz CT molecular complexity index is 766. The van der Waals surface area contributed by atoms with Crippen molar-refractivity contribution in [3.63, 3.8) is 0 Å². The highest BCUT2D eigenvalue weighted by Gasteiger charge is 2.14. The van der Waals surface area contributed by atoms with Crippen molar-refractivity contribution >= 4 is 23.1 Å². The minimum Gasteiger partial charge on any atom is -0.354 e. The van der Waals surface area contributed by atoms with Crippen LogP contribution in [0.4, 0.5) is 5.82 Å². The van der Waals surface area contributed by atoms with Crippen LogP contribution in [0.3, 0.4) is 0 Å². The smallest absolute Gasteiger partial charge is 0.152 e. The highest BCUT2D eigenvalue weighted by Crippen LogP contribution is 2.22. The van der Waals surface area contributed by atoms with Crippen LogP contribution in [-0.4, -0.2) is 16.4 Å². The third kappa shape index (κ3) is 2.73. The van der Waals surface area contributed by atoms with E-state index < -0.39 is 0 Å². The molecule has 0 aliphatic rings. The largest absolute Gasteiger partial charge is 0.354 e. The van der Waals surface area contributed by atoms with Gasteiger partial charge >= 0.3 is 0 Å². The maximum Gasteiger partial charge on any atom is 0.152 e. The number of hydrogen-bond acceptors (Lipinski definition) is 3. The molecule has 0 saturated heterocycles. The van der Waals surface area contributed by atoms with E-state index in [1.807, 2.05) is 54.0 Å². The number of anilines is 1. The van der Waals surface area contributed by atoms with Gasteiger partial charge in [-0.1, -0.05) is 29.8 Å². The molecule has 0 unspecified atom stereocenters. The number of imidazole rings is 1. The first-order chi connectivity index (χ1) is 10.2. The van der Waals surface area contributed by atoms with E-state index in [4.69, 9.17) is 17.3 Å². The normalized spacial score (nSPS) is 11.0. The van der Waals surface area contributed by atoms with Crippen LogP contribution in [-0.2, 0) is 13.1 Å². The molecule has 0 spiro atoms. The van der Waals surface area contributed by atoms with Crippen LogP contribution in [0.25, 0.3) is 5.65 Å². The molecule has 21 heavy (non-hydrogen) atoms. The zero-order valence-corrected chi connectivity index (χ0v) is 12.6. The Balaban J connectivity index is 1.95. The lowest BCUT2D eigenvalue weighted by atomic mass is 10.2. The second-order valence-electron chi connectivity index (χ2n) is 5.00. The summed E-state index contributed by atoms with van der Waals surface area (Å²) in [4.78, 5) is 6.78. The summed E-state index contributed by atoms with van der Waals surface area (Å²) in [5, 5.41) is 0.745. The summed E-state index contributed by atoms with van der Waals surface area (Å²) in [6, 6.07) is 13.8. The average molecular weight is 301 g/mol. The first-order valence-electron chi connectivity index (χ1n) is 6.80. The van der Waals surface area contributed by atoms with Crippen molar-refractivity contribution in [3.05, 3.63) is 64.9 Å². The van der Waals surface area contributed by atoms with E-state index in [2.05, 4.69) is 16.0 Å². The summed E-state index contributed by atoms with van der Waals surface area (Å²) < 4.78 is 2.03. The summed E-state index contributed by atoms with van der Waals surface area (Å²) in [6.07, 6.45) is 1.99. The molecule has 0 amide bonds. The predicted octanol–water partition coefficient (Wildman–Crippen LogP) is 3.08. The molecule has 0 radical (unpaired) electrons. The van der Waals surface area contributed by atoms with Gasteiger partial charge in [0.15, 0.2) is 5.82 Å². The van der Waals surface area contributed by atoms with Crippen molar-refractivity contribution < 1.29 is 0 Å². The number of aromatic nitrogens is 2. The van der Waals surface area contributed by atoms with Gasteiger partial charge in [-0.25, -0.2) is 4.98 Å². The number of fused-ring (bicyclic) bond motifs is 1. The Morgan fingerprint density at radius 1 is 1.24 bits per heavy atom. The molecule has 3 rings (SSSR count). The van der Waals surface area contributed by atoms with Crippen LogP contribution < -0.4 is 10.6 Å². The second-order valence-corrected chi connectivity index (χ2v) is 5.44. The number of pyridine rings is 1. The van der Waals surface area contributed by atoms with E-state index >= 15 is 0 Å². The summed E-state index contributed by atoms with van der Waals surface area (Å²) in [5.74, 6) is 0.906. The number of hydrogen-bond donors (Lipinski definition) is 1. The maximum absolute atomic E-state index is 6.04. The first kappa shape index (κ1) is 13.9. The summed E-state index contributed by atoms with van der Waals surface area (Å²) >= 11 is 6.04. The van der Waals surface area contributed by atoms with E-state index in [0.29, 0.717) is 6.54 Å². The topological polar surface area (TPSA) is 46.6 Å². The van der Waals surface area contributed by atoms with Gasteiger partial charge in [-0.2, -0.15) is 0 Å². The lowest BCUT2D eigenvalue weighted by Gasteiger charge is -2.18. The Kier molecular flexibility index (Phi) is 3.82. The molecule has 0 fully saturated rings. The zero-order chi connectivity index (χ0) is 14.8. The minimum absolute atomic E-state index is 0.445. The van der Waals surface area contributed by atoms with Crippen LogP contribution in [0.2, 0.25) is 5.02 Å². The van der Waals surface area contributed by atoms with Gasteiger partial charge in [0.1, 0.15) is 5.65 Å². The quantitative estimate of drug-likeness (QED) is 0.805. The minimum atomic E-state index is 0.445. The molecular formula is C16H17ClN4. The number of nitrogens with zero attached hydrogens (tertiary/aromatic N) is 3. The molecule has 1 aromatic carbocycles. The molecule has 2 heterocycles. The van der Waals surface area contributed by atoms with Crippen molar-refractivity contribution in [1.29, 1.82) is 0 Å². The molecule has 2 aromatic heterocycles. The maximum atomic E-state index is 6.04. The molecule has 0 atom stereocenters. The van der Waals surface area contributed by atoms with Crippen LogP contribution in [0, 0.1) is 0 Å². The summed E-state index contributed by atoms with van der Waals surface area (Å²) in [7, 11) is 2.02. The van der Waals surface area contributed by atoms with Crippen LogP contribution >= 0.6 is 11.6 Å². The fourth-order valence-corrected chi connectivity index (χ4v) is 2.73. The molecule has 5 heteroatoms. The zero-order valence-electron chi connectivity index (χ0n) is 11.8. The Labute approximate surface area is 128 Å². The van der Waals surface area contributed by atoms with Crippen LogP contribution in [0.1, 0.15) is 11.3 Å². The van der Waals surface area contributed by atoms with Gasteiger partial charge in [0.05, 0.1) is 5.69 Å². The van der Waals surface area contributed by atoms with Crippen LogP contribution in [0.15, 0.2) is 48.7 Å². The van der Waals surface area contributed by atoms with Crippen molar-refractivity contribution in [3.8, 4) is 0 Å². The van der Waals surface area contributed by atoms with Gasteiger partial charge < -0.3 is 15.0 Å². The van der Waals surface area contributed by atoms with Crippen molar-refractivity contribution in [1.82, 2.24) is 9.38 Å². The van der Waals surface area contributed by atoms with Gasteiger partial charge in [-0.05, 0) is 29.8 Å². The predicted molar refractivity (Wildman–Crippen MR) is 86.6 cm³/mol. The fourth-order valence-electron chi connectivity index (χ4n) is 2.51. The molecule has 0 saturated carbocycles. The van der Waals surface area contributed by atoms with Crippen molar-refractivity contribution in [2.75, 3.05) is 11.9 Å². The standard InChI is InChI=1S/C16H17ClN4/c1-20(11-12-5-4-6-13(17)9-12)16-14(10-18)21-8-3-2-7-15(21)19-16/h2-9H,10-11,18H2,1H3. The van der Waals surface area contributed by atoms with E-state index in [1.54, 1.807) is 0 Å². The highest BCUT2D eigenvalue weighted by atomic mass is 35.5.